The first-order valence-electron chi connectivity index (χ1n) is 8.42. The summed E-state index contributed by atoms with van der Waals surface area (Å²) in [5, 5.41) is 12.1. The fourth-order valence-electron chi connectivity index (χ4n) is 2.05. The maximum absolute atomic E-state index is 11.0. The lowest BCUT2D eigenvalue weighted by Gasteiger charge is -2.06. The molecule has 0 bridgehead atoms. The van der Waals surface area contributed by atoms with Gasteiger partial charge in [-0.2, -0.15) is 0 Å². The Morgan fingerprint density at radius 2 is 1.88 bits per heavy atom. The minimum Gasteiger partial charge on any atom is -0.481 e. The zero-order valence-electron chi connectivity index (χ0n) is 14.9. The number of rotatable bonds is 9. The van der Waals surface area contributed by atoms with Gasteiger partial charge >= 0.3 is 5.97 Å². The molecular weight excluding hydrogens is 330 g/mol. The molecule has 1 rings (SSSR count). The molecule has 0 aromatic carbocycles. The van der Waals surface area contributed by atoms with E-state index in [9.17, 15) is 9.59 Å². The van der Waals surface area contributed by atoms with Crippen LogP contribution in [0.4, 0.5) is 5.95 Å². The Kier molecular flexibility index (Phi) is 11.8. The zero-order valence-corrected chi connectivity index (χ0v) is 15.7. The highest BCUT2D eigenvalue weighted by molar-refractivity contribution is 6.29. The molecule has 0 radical (unpaired) electrons. The van der Waals surface area contributed by atoms with Crippen molar-refractivity contribution >= 4 is 29.3 Å². The van der Waals surface area contributed by atoms with Crippen LogP contribution in [0.5, 0.6) is 0 Å². The summed E-state index contributed by atoms with van der Waals surface area (Å²) in [5.74, 6) is -1.30. The zero-order chi connectivity index (χ0) is 18.5. The van der Waals surface area contributed by atoms with Crippen molar-refractivity contribution in [1.82, 2.24) is 9.97 Å². The van der Waals surface area contributed by atoms with E-state index in [1.54, 1.807) is 6.92 Å². The first-order chi connectivity index (χ1) is 11.4. The van der Waals surface area contributed by atoms with Gasteiger partial charge in [0, 0.05) is 18.7 Å². The predicted octanol–water partition coefficient (Wildman–Crippen LogP) is 3.98. The van der Waals surface area contributed by atoms with Crippen LogP contribution in [0.1, 0.15) is 59.1 Å². The van der Waals surface area contributed by atoms with Crippen LogP contribution in [0, 0.1) is 5.92 Å². The van der Waals surface area contributed by atoms with E-state index in [0.717, 1.165) is 31.5 Å². The third-order valence-corrected chi connectivity index (χ3v) is 3.37. The van der Waals surface area contributed by atoms with Crippen molar-refractivity contribution in [3.63, 3.8) is 0 Å². The Labute approximate surface area is 149 Å². The van der Waals surface area contributed by atoms with Crippen LogP contribution in [0.2, 0.25) is 5.15 Å². The van der Waals surface area contributed by atoms with Gasteiger partial charge in [-0.3, -0.25) is 9.59 Å². The predicted molar refractivity (Wildman–Crippen MR) is 96.5 cm³/mol. The molecule has 2 N–H and O–H groups in total. The minimum absolute atomic E-state index is 0.150. The molecule has 0 spiro atoms. The first kappa shape index (κ1) is 22.3. The van der Waals surface area contributed by atoms with Gasteiger partial charge < -0.3 is 10.4 Å². The molecule has 136 valence electrons. The molecule has 1 aromatic heterocycles. The Balaban J connectivity index is 0.000000449. The van der Waals surface area contributed by atoms with Gasteiger partial charge in [0.25, 0.3) is 0 Å². The van der Waals surface area contributed by atoms with Crippen LogP contribution < -0.4 is 5.32 Å². The average Bonchev–Trinajstić information content (AvgIpc) is 2.48. The van der Waals surface area contributed by atoms with Crippen LogP contribution in [-0.4, -0.2) is 33.4 Å². The lowest BCUT2D eigenvalue weighted by atomic mass is 9.98. The quantitative estimate of drug-likeness (QED) is 0.513. The van der Waals surface area contributed by atoms with Gasteiger partial charge in [0.15, 0.2) is 0 Å². The van der Waals surface area contributed by atoms with Gasteiger partial charge in [-0.05, 0) is 32.3 Å². The van der Waals surface area contributed by atoms with Gasteiger partial charge in [-0.1, -0.05) is 38.8 Å². The highest BCUT2D eigenvalue weighted by Gasteiger charge is 2.22. The molecule has 24 heavy (non-hydrogen) atoms. The highest BCUT2D eigenvalue weighted by atomic mass is 35.5. The number of Topliss-reactive ketones (excluding diaryl/α,β-unsaturated/α-hetero) is 1. The monoisotopic (exact) mass is 357 g/mol. The van der Waals surface area contributed by atoms with Crippen molar-refractivity contribution in [3.05, 3.63) is 16.9 Å². The average molecular weight is 358 g/mol. The number of carboxylic acids is 1. The van der Waals surface area contributed by atoms with E-state index in [-0.39, 0.29) is 5.78 Å². The van der Waals surface area contributed by atoms with Crippen LogP contribution in [0.25, 0.3) is 0 Å². The SMILES string of the molecule is CCCC(=O)C(CC)C(=O)O.CCCc1cc(Cl)nc(NCC)n1. The maximum Gasteiger partial charge on any atom is 0.314 e. The number of aliphatic carboxylic acids is 1. The molecule has 1 atom stereocenters. The molecule has 0 fully saturated rings. The molecule has 0 aliphatic carbocycles. The van der Waals surface area contributed by atoms with E-state index < -0.39 is 11.9 Å². The second-order valence-electron chi connectivity index (χ2n) is 5.30. The van der Waals surface area contributed by atoms with Crippen molar-refractivity contribution in [1.29, 1.82) is 0 Å². The summed E-state index contributed by atoms with van der Waals surface area (Å²) in [4.78, 5) is 29.8. The summed E-state index contributed by atoms with van der Waals surface area (Å²) >= 11 is 5.83. The van der Waals surface area contributed by atoms with Crippen LogP contribution in [0.3, 0.4) is 0 Å². The number of nitrogens with zero attached hydrogens (tertiary/aromatic N) is 2. The topological polar surface area (TPSA) is 92.2 Å². The van der Waals surface area contributed by atoms with Crippen molar-refractivity contribution in [2.24, 2.45) is 5.92 Å². The van der Waals surface area contributed by atoms with Gasteiger partial charge in [0.05, 0.1) is 0 Å². The number of halogens is 1. The minimum atomic E-state index is -0.994. The van der Waals surface area contributed by atoms with Crippen molar-refractivity contribution in [2.45, 2.75) is 59.8 Å². The number of anilines is 1. The number of nitrogens with one attached hydrogen (secondary N) is 1. The first-order valence-corrected chi connectivity index (χ1v) is 8.80. The number of hydrogen-bond donors (Lipinski definition) is 2. The number of ketones is 1. The van der Waals surface area contributed by atoms with Crippen LogP contribution in [0.15, 0.2) is 6.07 Å². The van der Waals surface area contributed by atoms with E-state index in [1.165, 1.54) is 0 Å². The second kappa shape index (κ2) is 12.7. The highest BCUT2D eigenvalue weighted by Crippen LogP contribution is 2.11. The number of aromatic nitrogens is 2. The summed E-state index contributed by atoms with van der Waals surface area (Å²) < 4.78 is 0. The number of aryl methyl sites for hydroxylation is 1. The molecule has 1 aromatic rings. The van der Waals surface area contributed by atoms with Crippen LogP contribution >= 0.6 is 11.6 Å². The third-order valence-electron chi connectivity index (χ3n) is 3.18. The molecule has 0 aliphatic heterocycles. The standard InChI is InChI=1S/C9H14ClN3.C8H14O3/c1-3-5-7-6-8(10)13-9(12-7)11-4-2;1-3-5-7(9)6(4-2)8(10)11/h6H,3-5H2,1-2H3,(H,11,12,13);6H,3-5H2,1-2H3,(H,10,11). The molecule has 0 aliphatic rings. The van der Waals surface area contributed by atoms with Gasteiger partial charge in [-0.15, -0.1) is 0 Å². The van der Waals surface area contributed by atoms with E-state index in [0.29, 0.717) is 23.9 Å². The smallest absolute Gasteiger partial charge is 0.314 e. The van der Waals surface area contributed by atoms with E-state index in [2.05, 4.69) is 22.2 Å². The van der Waals surface area contributed by atoms with E-state index >= 15 is 0 Å². The van der Waals surface area contributed by atoms with E-state index in [1.807, 2.05) is 19.9 Å². The molecule has 6 nitrogen and oxygen atoms in total. The largest absolute Gasteiger partial charge is 0.481 e. The van der Waals surface area contributed by atoms with Crippen LogP contribution in [-0.2, 0) is 16.0 Å². The summed E-state index contributed by atoms with van der Waals surface area (Å²) in [5.41, 5.74) is 0.999. The number of hydrogen-bond acceptors (Lipinski definition) is 5. The molecule has 1 heterocycles. The summed E-state index contributed by atoms with van der Waals surface area (Å²) in [7, 11) is 0. The lowest BCUT2D eigenvalue weighted by Crippen LogP contribution is -2.22. The molecular formula is C17H28ClN3O3. The van der Waals surface area contributed by atoms with Gasteiger partial charge in [0.2, 0.25) is 5.95 Å². The fraction of sp³-hybridized carbons (Fsp3) is 0.647. The third kappa shape index (κ3) is 8.82. The molecule has 0 saturated carbocycles. The molecule has 1 unspecified atom stereocenters. The number of carbonyl (C=O) groups excluding carboxylic acids is 1. The summed E-state index contributed by atoms with van der Waals surface area (Å²) in [6.07, 6.45) is 3.52. The van der Waals surface area contributed by atoms with Crippen molar-refractivity contribution < 1.29 is 14.7 Å². The number of carboxylic acid groups (broad SMARTS) is 1. The Morgan fingerprint density at radius 1 is 1.21 bits per heavy atom. The summed E-state index contributed by atoms with van der Waals surface area (Å²) in [6, 6.07) is 1.81. The Bertz CT molecular complexity index is 500. The Hall–Kier alpha value is -1.69. The van der Waals surface area contributed by atoms with Gasteiger partial charge in [0.1, 0.15) is 16.9 Å². The Morgan fingerprint density at radius 3 is 2.33 bits per heavy atom. The fourth-order valence-corrected chi connectivity index (χ4v) is 2.25. The molecule has 0 amide bonds. The van der Waals surface area contributed by atoms with Crippen molar-refractivity contribution in [3.8, 4) is 0 Å². The molecule has 0 saturated heterocycles. The second-order valence-corrected chi connectivity index (χ2v) is 5.69. The molecule has 7 heteroatoms. The van der Waals surface area contributed by atoms with E-state index in [4.69, 9.17) is 16.7 Å². The van der Waals surface area contributed by atoms with Crippen molar-refractivity contribution in [2.75, 3.05) is 11.9 Å². The van der Waals surface area contributed by atoms with Gasteiger partial charge in [-0.25, -0.2) is 9.97 Å². The number of carbonyl (C=O) groups is 2. The maximum atomic E-state index is 11.0. The summed E-state index contributed by atoms with van der Waals surface area (Å²) in [6.45, 7) is 8.51. The normalized spacial score (nSPS) is 11.2. The lowest BCUT2D eigenvalue weighted by molar-refractivity contribution is -0.146.